The molecule has 0 aliphatic heterocycles. The summed E-state index contributed by atoms with van der Waals surface area (Å²) in [5, 5.41) is 4.23. The van der Waals surface area contributed by atoms with Crippen molar-refractivity contribution >= 4 is 0 Å². The van der Waals surface area contributed by atoms with E-state index in [9.17, 15) is 0 Å². The fraction of sp³-hybridized carbons (Fsp3) is 0.533. The molecular formula is C15H23N5O. The van der Waals surface area contributed by atoms with Crippen molar-refractivity contribution in [3.63, 3.8) is 0 Å². The molecule has 0 saturated heterocycles. The fourth-order valence-corrected chi connectivity index (χ4v) is 2.09. The number of nitrogens with two attached hydrogens (primary N) is 1. The largest absolute Gasteiger partial charge is 0.484 e. The van der Waals surface area contributed by atoms with E-state index < -0.39 is 0 Å². The van der Waals surface area contributed by atoms with Gasteiger partial charge in [-0.25, -0.2) is 9.67 Å². The molecule has 6 nitrogen and oxygen atoms in total. The van der Waals surface area contributed by atoms with Crippen molar-refractivity contribution in [3.05, 3.63) is 35.7 Å². The Hall–Kier alpha value is -1.95. The Morgan fingerprint density at radius 2 is 2.14 bits per heavy atom. The van der Waals surface area contributed by atoms with Gasteiger partial charge in [0.1, 0.15) is 18.7 Å². The van der Waals surface area contributed by atoms with E-state index in [4.69, 9.17) is 10.5 Å². The van der Waals surface area contributed by atoms with Crippen LogP contribution in [0.15, 0.2) is 18.5 Å². The van der Waals surface area contributed by atoms with Crippen LogP contribution < -0.4 is 10.5 Å². The van der Waals surface area contributed by atoms with Gasteiger partial charge in [-0.2, -0.15) is 5.10 Å². The maximum Gasteiger partial charge on any atom is 0.164 e. The van der Waals surface area contributed by atoms with Crippen molar-refractivity contribution < 1.29 is 4.74 Å². The highest BCUT2D eigenvalue weighted by atomic mass is 16.5. The summed E-state index contributed by atoms with van der Waals surface area (Å²) >= 11 is 0. The molecule has 0 saturated carbocycles. The summed E-state index contributed by atoms with van der Waals surface area (Å²) in [6, 6.07) is 3.88. The average molecular weight is 289 g/mol. The Labute approximate surface area is 125 Å². The van der Waals surface area contributed by atoms with Crippen LogP contribution in [-0.4, -0.2) is 26.3 Å². The first kappa shape index (κ1) is 15.4. The number of aryl methyl sites for hydroxylation is 1. The predicted octanol–water partition coefficient (Wildman–Crippen LogP) is 1.72. The maximum absolute atomic E-state index is 5.87. The molecule has 2 aromatic heterocycles. The van der Waals surface area contributed by atoms with Crippen molar-refractivity contribution in [2.45, 2.75) is 40.3 Å². The van der Waals surface area contributed by atoms with Crippen LogP contribution in [0.5, 0.6) is 5.75 Å². The second-order valence-electron chi connectivity index (χ2n) is 5.48. The molecule has 0 aromatic carbocycles. The van der Waals surface area contributed by atoms with E-state index >= 15 is 0 Å². The first-order valence-electron chi connectivity index (χ1n) is 7.26. The molecule has 0 bridgehead atoms. The molecule has 2 aromatic rings. The minimum Gasteiger partial charge on any atom is -0.484 e. The first-order valence-corrected chi connectivity index (χ1v) is 7.26. The molecule has 6 heteroatoms. The highest BCUT2D eigenvalue weighted by Gasteiger charge is 2.10. The summed E-state index contributed by atoms with van der Waals surface area (Å²) in [7, 11) is 0. The summed E-state index contributed by atoms with van der Waals surface area (Å²) in [4.78, 5) is 8.75. The number of rotatable bonds is 7. The SMILES string of the molecule is Cc1ccc(OCc2ncnn2CC(C)C)c(CCN)n1. The molecular weight excluding hydrogens is 266 g/mol. The standard InChI is InChI=1S/C15H23N5O/c1-11(2)8-20-15(17-10-18-20)9-21-14-5-4-12(3)19-13(14)6-7-16/h4-5,10-11H,6-9,16H2,1-3H3. The van der Waals surface area contributed by atoms with Crippen LogP contribution in [0.2, 0.25) is 0 Å². The van der Waals surface area contributed by atoms with Gasteiger partial charge in [0.2, 0.25) is 0 Å². The van der Waals surface area contributed by atoms with Crippen LogP contribution >= 0.6 is 0 Å². The van der Waals surface area contributed by atoms with Gasteiger partial charge in [-0.3, -0.25) is 4.98 Å². The van der Waals surface area contributed by atoms with Crippen LogP contribution in [0, 0.1) is 12.8 Å². The lowest BCUT2D eigenvalue weighted by molar-refractivity contribution is 0.278. The van der Waals surface area contributed by atoms with E-state index in [1.165, 1.54) is 0 Å². The summed E-state index contributed by atoms with van der Waals surface area (Å²) in [6.45, 7) is 8.03. The molecule has 21 heavy (non-hydrogen) atoms. The Kier molecular flexibility index (Phi) is 5.27. The summed E-state index contributed by atoms with van der Waals surface area (Å²) in [5.41, 5.74) is 7.49. The van der Waals surface area contributed by atoms with Gasteiger partial charge in [0, 0.05) is 18.7 Å². The lowest BCUT2D eigenvalue weighted by Gasteiger charge is -2.12. The zero-order chi connectivity index (χ0) is 15.2. The van der Waals surface area contributed by atoms with Crippen molar-refractivity contribution in [1.29, 1.82) is 0 Å². The van der Waals surface area contributed by atoms with Crippen molar-refractivity contribution in [1.82, 2.24) is 19.7 Å². The normalized spacial score (nSPS) is 11.1. The van der Waals surface area contributed by atoms with Gasteiger partial charge in [0.15, 0.2) is 5.82 Å². The number of pyridine rings is 1. The molecule has 2 rings (SSSR count). The lowest BCUT2D eigenvalue weighted by atomic mass is 10.2. The third-order valence-electron chi connectivity index (χ3n) is 3.04. The van der Waals surface area contributed by atoms with E-state index in [1.54, 1.807) is 6.33 Å². The molecule has 114 valence electrons. The average Bonchev–Trinajstić information content (AvgIpc) is 2.85. The highest BCUT2D eigenvalue weighted by molar-refractivity contribution is 5.29. The third-order valence-corrected chi connectivity index (χ3v) is 3.04. The molecule has 0 unspecified atom stereocenters. The Balaban J connectivity index is 2.08. The quantitative estimate of drug-likeness (QED) is 0.839. The molecule has 0 fully saturated rings. The topological polar surface area (TPSA) is 78.9 Å². The monoisotopic (exact) mass is 289 g/mol. The molecule has 0 aliphatic rings. The second kappa shape index (κ2) is 7.17. The molecule has 2 N–H and O–H groups in total. The van der Waals surface area contributed by atoms with E-state index in [0.717, 1.165) is 29.5 Å². The smallest absolute Gasteiger partial charge is 0.164 e. The van der Waals surface area contributed by atoms with Crippen molar-refractivity contribution in [3.8, 4) is 5.75 Å². The van der Waals surface area contributed by atoms with E-state index in [0.29, 0.717) is 25.5 Å². The van der Waals surface area contributed by atoms with Crippen LogP contribution in [-0.2, 0) is 19.6 Å². The van der Waals surface area contributed by atoms with Crippen LogP contribution in [0.25, 0.3) is 0 Å². The summed E-state index contributed by atoms with van der Waals surface area (Å²) < 4.78 is 7.75. The number of hydrogen-bond acceptors (Lipinski definition) is 5. The fourth-order valence-electron chi connectivity index (χ4n) is 2.09. The van der Waals surface area contributed by atoms with E-state index in [-0.39, 0.29) is 0 Å². The van der Waals surface area contributed by atoms with Gasteiger partial charge in [-0.15, -0.1) is 0 Å². The van der Waals surface area contributed by atoms with E-state index in [2.05, 4.69) is 28.9 Å². The second-order valence-corrected chi connectivity index (χ2v) is 5.48. The minimum absolute atomic E-state index is 0.384. The molecule has 0 atom stereocenters. The van der Waals surface area contributed by atoms with Crippen molar-refractivity contribution in [2.75, 3.05) is 6.54 Å². The van der Waals surface area contributed by atoms with Crippen LogP contribution in [0.1, 0.15) is 31.1 Å². The Morgan fingerprint density at radius 3 is 2.86 bits per heavy atom. The number of aromatic nitrogens is 4. The molecule has 0 aliphatic carbocycles. The van der Waals surface area contributed by atoms with Gasteiger partial charge in [0.05, 0.1) is 5.69 Å². The number of ether oxygens (including phenoxy) is 1. The number of nitrogens with zero attached hydrogens (tertiary/aromatic N) is 4. The van der Waals surface area contributed by atoms with E-state index in [1.807, 2.05) is 23.7 Å². The van der Waals surface area contributed by atoms with Gasteiger partial charge in [-0.1, -0.05) is 13.8 Å². The molecule has 0 amide bonds. The summed E-state index contributed by atoms with van der Waals surface area (Å²) in [5.74, 6) is 2.10. The maximum atomic E-state index is 5.87. The molecule has 0 radical (unpaired) electrons. The Morgan fingerprint density at radius 1 is 1.33 bits per heavy atom. The van der Waals surface area contributed by atoms with Gasteiger partial charge < -0.3 is 10.5 Å². The summed E-state index contributed by atoms with van der Waals surface area (Å²) in [6.07, 6.45) is 2.27. The third kappa shape index (κ3) is 4.26. The molecule has 2 heterocycles. The van der Waals surface area contributed by atoms with Crippen molar-refractivity contribution in [2.24, 2.45) is 11.7 Å². The van der Waals surface area contributed by atoms with Crippen LogP contribution in [0.4, 0.5) is 0 Å². The van der Waals surface area contributed by atoms with Crippen LogP contribution in [0.3, 0.4) is 0 Å². The highest BCUT2D eigenvalue weighted by Crippen LogP contribution is 2.18. The number of hydrogen-bond donors (Lipinski definition) is 1. The van der Waals surface area contributed by atoms with Gasteiger partial charge in [0.25, 0.3) is 0 Å². The minimum atomic E-state index is 0.384. The first-order chi connectivity index (χ1) is 10.1. The lowest BCUT2D eigenvalue weighted by Crippen LogP contribution is -2.13. The molecule has 0 spiro atoms. The zero-order valence-electron chi connectivity index (χ0n) is 12.9. The van der Waals surface area contributed by atoms with Gasteiger partial charge in [-0.05, 0) is 31.5 Å². The Bertz CT molecular complexity index is 579. The zero-order valence-corrected chi connectivity index (χ0v) is 12.9. The van der Waals surface area contributed by atoms with Gasteiger partial charge >= 0.3 is 0 Å². The predicted molar refractivity (Wildman–Crippen MR) is 80.9 cm³/mol.